The van der Waals surface area contributed by atoms with Crippen molar-refractivity contribution in [1.82, 2.24) is 0 Å². The molecule has 1 fully saturated rings. The van der Waals surface area contributed by atoms with Gasteiger partial charge in [-0.15, -0.1) is 0 Å². The molecule has 0 spiro atoms. The summed E-state index contributed by atoms with van der Waals surface area (Å²) in [6.45, 7) is 6.27. The van der Waals surface area contributed by atoms with Gasteiger partial charge in [0, 0.05) is 0 Å². The van der Waals surface area contributed by atoms with Crippen molar-refractivity contribution in [2.75, 3.05) is 0 Å². The Labute approximate surface area is 68.2 Å². The Bertz CT molecular complexity index is 128. The quantitative estimate of drug-likeness (QED) is 0.555. The first kappa shape index (κ1) is 9.01. The lowest BCUT2D eigenvalue weighted by Crippen LogP contribution is -2.42. The molecule has 0 aromatic heterocycles. The van der Waals surface area contributed by atoms with E-state index in [1.54, 1.807) is 0 Å². The highest BCUT2D eigenvalue weighted by atomic mass is 16.3. The summed E-state index contributed by atoms with van der Waals surface area (Å²) in [7, 11) is 0. The Morgan fingerprint density at radius 2 is 1.73 bits per heavy atom. The SMILES string of the molecule is C[C@@H]1CC(C)(C)C[C@H](O)[C@H]1O. The Balaban J connectivity index is 2.62. The lowest BCUT2D eigenvalue weighted by atomic mass is 9.70. The highest BCUT2D eigenvalue weighted by Crippen LogP contribution is 2.38. The largest absolute Gasteiger partial charge is 0.390 e. The Morgan fingerprint density at radius 1 is 1.18 bits per heavy atom. The summed E-state index contributed by atoms with van der Waals surface area (Å²) in [4.78, 5) is 0. The molecule has 0 aliphatic heterocycles. The van der Waals surface area contributed by atoms with Crippen LogP contribution in [0.1, 0.15) is 33.6 Å². The fourth-order valence-electron chi connectivity index (χ4n) is 2.14. The topological polar surface area (TPSA) is 40.5 Å². The van der Waals surface area contributed by atoms with E-state index in [0.29, 0.717) is 0 Å². The van der Waals surface area contributed by atoms with Gasteiger partial charge in [0.25, 0.3) is 0 Å². The Hall–Kier alpha value is -0.0800. The minimum Gasteiger partial charge on any atom is -0.390 e. The molecule has 0 aromatic carbocycles. The second-order valence-electron chi connectivity index (χ2n) is 4.61. The summed E-state index contributed by atoms with van der Waals surface area (Å²) < 4.78 is 0. The van der Waals surface area contributed by atoms with Crippen molar-refractivity contribution in [1.29, 1.82) is 0 Å². The maximum Gasteiger partial charge on any atom is 0.0824 e. The first-order valence-electron chi connectivity index (χ1n) is 4.28. The minimum atomic E-state index is -0.520. The van der Waals surface area contributed by atoms with E-state index >= 15 is 0 Å². The van der Waals surface area contributed by atoms with Gasteiger partial charge in [0.05, 0.1) is 12.2 Å². The third kappa shape index (κ3) is 1.94. The van der Waals surface area contributed by atoms with Crippen molar-refractivity contribution in [2.24, 2.45) is 11.3 Å². The van der Waals surface area contributed by atoms with Crippen LogP contribution in [-0.4, -0.2) is 22.4 Å². The summed E-state index contributed by atoms with van der Waals surface area (Å²) in [6.07, 6.45) is 0.695. The van der Waals surface area contributed by atoms with E-state index in [4.69, 9.17) is 0 Å². The average molecular weight is 158 g/mol. The van der Waals surface area contributed by atoms with E-state index in [2.05, 4.69) is 13.8 Å². The van der Waals surface area contributed by atoms with E-state index in [0.717, 1.165) is 12.8 Å². The van der Waals surface area contributed by atoms with Crippen LogP contribution in [0.2, 0.25) is 0 Å². The summed E-state index contributed by atoms with van der Waals surface area (Å²) >= 11 is 0. The van der Waals surface area contributed by atoms with Crippen molar-refractivity contribution in [3.63, 3.8) is 0 Å². The molecule has 0 saturated heterocycles. The first-order valence-corrected chi connectivity index (χ1v) is 4.28. The van der Waals surface area contributed by atoms with E-state index in [-0.39, 0.29) is 11.3 Å². The zero-order chi connectivity index (χ0) is 8.65. The van der Waals surface area contributed by atoms with Crippen LogP contribution >= 0.6 is 0 Å². The molecular weight excluding hydrogens is 140 g/mol. The molecule has 0 radical (unpaired) electrons. The van der Waals surface area contributed by atoms with Crippen LogP contribution in [-0.2, 0) is 0 Å². The van der Waals surface area contributed by atoms with Crippen LogP contribution in [0, 0.1) is 11.3 Å². The number of hydrogen-bond donors (Lipinski definition) is 2. The van der Waals surface area contributed by atoms with Gasteiger partial charge >= 0.3 is 0 Å². The van der Waals surface area contributed by atoms with Crippen LogP contribution in [0.15, 0.2) is 0 Å². The van der Waals surface area contributed by atoms with Crippen LogP contribution in [0.25, 0.3) is 0 Å². The molecule has 3 atom stereocenters. The lowest BCUT2D eigenvalue weighted by molar-refractivity contribution is -0.0755. The lowest BCUT2D eigenvalue weighted by Gasteiger charge is -2.40. The fraction of sp³-hybridized carbons (Fsp3) is 1.00. The molecule has 2 nitrogen and oxygen atoms in total. The maximum atomic E-state index is 9.43. The van der Waals surface area contributed by atoms with Crippen molar-refractivity contribution in [3.05, 3.63) is 0 Å². The molecule has 0 unspecified atom stereocenters. The predicted octanol–water partition coefficient (Wildman–Crippen LogP) is 1.16. The molecule has 0 heterocycles. The van der Waals surface area contributed by atoms with Gasteiger partial charge in [0.1, 0.15) is 0 Å². The van der Waals surface area contributed by atoms with Crippen molar-refractivity contribution >= 4 is 0 Å². The van der Waals surface area contributed by atoms with Crippen LogP contribution in [0.4, 0.5) is 0 Å². The molecule has 0 amide bonds. The third-order valence-electron chi connectivity index (χ3n) is 2.61. The van der Waals surface area contributed by atoms with E-state index in [9.17, 15) is 10.2 Å². The molecule has 2 heteroatoms. The van der Waals surface area contributed by atoms with Gasteiger partial charge in [-0.05, 0) is 24.2 Å². The second kappa shape index (κ2) is 2.76. The number of rotatable bonds is 0. The zero-order valence-electron chi connectivity index (χ0n) is 7.54. The van der Waals surface area contributed by atoms with Gasteiger partial charge in [0.2, 0.25) is 0 Å². The minimum absolute atomic E-state index is 0.193. The molecule has 66 valence electrons. The van der Waals surface area contributed by atoms with Crippen molar-refractivity contribution in [3.8, 4) is 0 Å². The third-order valence-corrected chi connectivity index (χ3v) is 2.61. The second-order valence-corrected chi connectivity index (χ2v) is 4.61. The molecule has 0 bridgehead atoms. The summed E-state index contributed by atoms with van der Waals surface area (Å²) in [5, 5.41) is 18.9. The van der Waals surface area contributed by atoms with Crippen LogP contribution in [0.3, 0.4) is 0 Å². The molecule has 1 saturated carbocycles. The average Bonchev–Trinajstić information content (AvgIpc) is 1.81. The normalized spacial score (nSPS) is 43.9. The Kier molecular flexibility index (Phi) is 2.26. The van der Waals surface area contributed by atoms with E-state index in [1.807, 2.05) is 6.92 Å². The van der Waals surface area contributed by atoms with Gasteiger partial charge in [-0.1, -0.05) is 20.8 Å². The summed E-state index contributed by atoms with van der Waals surface area (Å²) in [5.74, 6) is 0.230. The molecular formula is C9H18O2. The summed E-state index contributed by atoms with van der Waals surface area (Å²) in [5.41, 5.74) is 0.193. The highest BCUT2D eigenvalue weighted by molar-refractivity contribution is 4.88. The van der Waals surface area contributed by atoms with E-state index < -0.39 is 12.2 Å². The van der Waals surface area contributed by atoms with Gasteiger partial charge in [-0.2, -0.15) is 0 Å². The smallest absolute Gasteiger partial charge is 0.0824 e. The van der Waals surface area contributed by atoms with Crippen molar-refractivity contribution in [2.45, 2.75) is 45.8 Å². The number of hydrogen-bond acceptors (Lipinski definition) is 2. The maximum absolute atomic E-state index is 9.43. The van der Waals surface area contributed by atoms with Gasteiger partial charge in [-0.3, -0.25) is 0 Å². The Morgan fingerprint density at radius 3 is 2.18 bits per heavy atom. The van der Waals surface area contributed by atoms with Gasteiger partial charge in [-0.25, -0.2) is 0 Å². The van der Waals surface area contributed by atoms with Crippen molar-refractivity contribution < 1.29 is 10.2 Å². The molecule has 2 N–H and O–H groups in total. The standard InChI is InChI=1S/C9H18O2/c1-6-4-9(2,3)5-7(10)8(6)11/h6-8,10-11H,4-5H2,1-3H3/t6-,7+,8+/m1/s1. The predicted molar refractivity (Wildman–Crippen MR) is 44.2 cm³/mol. The van der Waals surface area contributed by atoms with Gasteiger partial charge < -0.3 is 10.2 Å². The fourth-order valence-corrected chi connectivity index (χ4v) is 2.14. The molecule has 1 rings (SSSR count). The molecule has 11 heavy (non-hydrogen) atoms. The van der Waals surface area contributed by atoms with Crippen LogP contribution in [0.5, 0.6) is 0 Å². The molecule has 1 aliphatic rings. The monoisotopic (exact) mass is 158 g/mol. The van der Waals surface area contributed by atoms with Gasteiger partial charge in [0.15, 0.2) is 0 Å². The summed E-state index contributed by atoms with van der Waals surface area (Å²) in [6, 6.07) is 0. The molecule has 1 aliphatic carbocycles. The number of aliphatic hydroxyl groups is 2. The highest BCUT2D eigenvalue weighted by Gasteiger charge is 2.37. The number of aliphatic hydroxyl groups excluding tert-OH is 2. The van der Waals surface area contributed by atoms with Crippen LogP contribution < -0.4 is 0 Å². The first-order chi connectivity index (χ1) is 4.92. The van der Waals surface area contributed by atoms with E-state index in [1.165, 1.54) is 0 Å². The molecule has 0 aromatic rings. The zero-order valence-corrected chi connectivity index (χ0v) is 7.54.